The van der Waals surface area contributed by atoms with E-state index in [1.807, 2.05) is 18.0 Å². The van der Waals surface area contributed by atoms with Crippen molar-refractivity contribution in [3.05, 3.63) is 24.0 Å². The van der Waals surface area contributed by atoms with E-state index in [0.29, 0.717) is 6.04 Å². The second kappa shape index (κ2) is 6.73. The van der Waals surface area contributed by atoms with Gasteiger partial charge in [0, 0.05) is 37.9 Å². The number of hydrogen-bond donors (Lipinski definition) is 1. The van der Waals surface area contributed by atoms with Gasteiger partial charge in [-0.1, -0.05) is 0 Å². The molecule has 1 fully saturated rings. The fourth-order valence-corrected chi connectivity index (χ4v) is 2.18. The standard InChI is InChI=1S/C14H21FN2O2/c1-17(7-5-11-10-19-8-6-16-11)12-3-4-14(18-2)13(15)9-12/h3-4,9,11,16H,5-8,10H2,1-2H3. The Morgan fingerprint density at radius 2 is 2.37 bits per heavy atom. The van der Waals surface area contributed by atoms with Gasteiger partial charge in [0.25, 0.3) is 0 Å². The van der Waals surface area contributed by atoms with Crippen molar-refractivity contribution >= 4 is 5.69 Å². The van der Waals surface area contributed by atoms with Crippen molar-refractivity contribution in [1.82, 2.24) is 5.32 Å². The molecule has 2 rings (SSSR count). The summed E-state index contributed by atoms with van der Waals surface area (Å²) >= 11 is 0. The van der Waals surface area contributed by atoms with Gasteiger partial charge >= 0.3 is 0 Å². The summed E-state index contributed by atoms with van der Waals surface area (Å²) in [6, 6.07) is 5.42. The minimum atomic E-state index is -0.328. The van der Waals surface area contributed by atoms with Gasteiger partial charge in [-0.2, -0.15) is 0 Å². The summed E-state index contributed by atoms with van der Waals surface area (Å²) in [5, 5.41) is 3.41. The van der Waals surface area contributed by atoms with Gasteiger partial charge in [-0.3, -0.25) is 0 Å². The molecule has 1 heterocycles. The Labute approximate surface area is 113 Å². The monoisotopic (exact) mass is 268 g/mol. The smallest absolute Gasteiger partial charge is 0.167 e. The van der Waals surface area contributed by atoms with Crippen molar-refractivity contribution in [3.63, 3.8) is 0 Å². The highest BCUT2D eigenvalue weighted by molar-refractivity contribution is 5.49. The topological polar surface area (TPSA) is 33.7 Å². The maximum atomic E-state index is 13.6. The number of benzene rings is 1. The third-order valence-corrected chi connectivity index (χ3v) is 3.39. The number of nitrogens with one attached hydrogen (secondary N) is 1. The van der Waals surface area contributed by atoms with Crippen LogP contribution in [-0.4, -0.2) is 46.5 Å². The summed E-state index contributed by atoms with van der Waals surface area (Å²) in [6.45, 7) is 3.30. The van der Waals surface area contributed by atoms with Crippen LogP contribution in [0.2, 0.25) is 0 Å². The van der Waals surface area contributed by atoms with E-state index in [1.54, 1.807) is 6.07 Å². The molecule has 0 amide bonds. The zero-order valence-electron chi connectivity index (χ0n) is 11.5. The highest BCUT2D eigenvalue weighted by Crippen LogP contribution is 2.23. The Kier molecular flexibility index (Phi) is 4.99. The molecule has 1 unspecified atom stereocenters. The van der Waals surface area contributed by atoms with Crippen LogP contribution in [0.1, 0.15) is 6.42 Å². The molecule has 1 aliphatic heterocycles. The van der Waals surface area contributed by atoms with Crippen molar-refractivity contribution in [2.75, 3.05) is 45.4 Å². The van der Waals surface area contributed by atoms with Crippen molar-refractivity contribution in [3.8, 4) is 5.75 Å². The molecule has 0 aromatic heterocycles. The number of anilines is 1. The fourth-order valence-electron chi connectivity index (χ4n) is 2.18. The van der Waals surface area contributed by atoms with Gasteiger partial charge in [-0.15, -0.1) is 0 Å². The summed E-state index contributed by atoms with van der Waals surface area (Å²) in [5.41, 5.74) is 0.857. The van der Waals surface area contributed by atoms with Crippen molar-refractivity contribution in [2.24, 2.45) is 0 Å². The van der Waals surface area contributed by atoms with Gasteiger partial charge < -0.3 is 19.7 Å². The average Bonchev–Trinajstić information content (AvgIpc) is 2.45. The van der Waals surface area contributed by atoms with Crippen molar-refractivity contribution < 1.29 is 13.9 Å². The lowest BCUT2D eigenvalue weighted by Gasteiger charge is -2.27. The molecule has 1 aromatic rings. The second-order valence-electron chi connectivity index (χ2n) is 4.76. The predicted octanol–water partition coefficient (Wildman–Crippen LogP) is 1.65. The van der Waals surface area contributed by atoms with Gasteiger partial charge in [0.15, 0.2) is 11.6 Å². The van der Waals surface area contributed by atoms with Crippen LogP contribution >= 0.6 is 0 Å². The quantitative estimate of drug-likeness (QED) is 0.880. The third-order valence-electron chi connectivity index (χ3n) is 3.39. The van der Waals surface area contributed by atoms with E-state index in [9.17, 15) is 4.39 Å². The van der Waals surface area contributed by atoms with Gasteiger partial charge in [0.1, 0.15) is 0 Å². The Hall–Kier alpha value is -1.33. The first-order valence-corrected chi connectivity index (χ1v) is 6.56. The lowest BCUT2D eigenvalue weighted by atomic mass is 10.2. The van der Waals surface area contributed by atoms with E-state index in [-0.39, 0.29) is 11.6 Å². The normalized spacial score (nSPS) is 19.2. The van der Waals surface area contributed by atoms with Crippen LogP contribution in [0.15, 0.2) is 18.2 Å². The molecular formula is C14H21FN2O2. The van der Waals surface area contributed by atoms with Crippen LogP contribution in [-0.2, 0) is 4.74 Å². The van der Waals surface area contributed by atoms with Crippen LogP contribution in [0.5, 0.6) is 5.75 Å². The highest BCUT2D eigenvalue weighted by Gasteiger charge is 2.14. The second-order valence-corrected chi connectivity index (χ2v) is 4.76. The van der Waals surface area contributed by atoms with E-state index < -0.39 is 0 Å². The maximum Gasteiger partial charge on any atom is 0.167 e. The van der Waals surface area contributed by atoms with Gasteiger partial charge in [0.05, 0.1) is 20.3 Å². The summed E-state index contributed by atoms with van der Waals surface area (Å²) < 4.78 is 23.9. The minimum Gasteiger partial charge on any atom is -0.494 e. The molecule has 1 saturated heterocycles. The molecule has 0 aliphatic carbocycles. The largest absolute Gasteiger partial charge is 0.494 e. The predicted molar refractivity (Wildman–Crippen MR) is 73.4 cm³/mol. The van der Waals surface area contributed by atoms with Gasteiger partial charge in [-0.05, 0) is 18.6 Å². The third kappa shape index (κ3) is 3.81. The molecule has 1 aromatic carbocycles. The Bertz CT molecular complexity index is 408. The molecular weight excluding hydrogens is 247 g/mol. The molecule has 0 bridgehead atoms. The summed E-state index contributed by atoms with van der Waals surface area (Å²) in [6.07, 6.45) is 0.976. The Morgan fingerprint density at radius 3 is 3.00 bits per heavy atom. The molecule has 0 saturated carbocycles. The number of nitrogens with zero attached hydrogens (tertiary/aromatic N) is 1. The highest BCUT2D eigenvalue weighted by atomic mass is 19.1. The van der Waals surface area contributed by atoms with E-state index in [1.165, 1.54) is 13.2 Å². The number of morpholine rings is 1. The Morgan fingerprint density at radius 1 is 1.53 bits per heavy atom. The first-order chi connectivity index (χ1) is 9.20. The van der Waals surface area contributed by atoms with Crippen molar-refractivity contribution in [1.29, 1.82) is 0 Å². The van der Waals surface area contributed by atoms with Crippen LogP contribution in [0, 0.1) is 5.82 Å². The lowest BCUT2D eigenvalue weighted by molar-refractivity contribution is 0.0749. The number of methoxy groups -OCH3 is 1. The van der Waals surface area contributed by atoms with E-state index in [4.69, 9.17) is 9.47 Å². The van der Waals surface area contributed by atoms with Gasteiger partial charge in [0.2, 0.25) is 0 Å². The Balaban J connectivity index is 1.88. The molecule has 19 heavy (non-hydrogen) atoms. The maximum absolute atomic E-state index is 13.6. The average molecular weight is 268 g/mol. The molecule has 4 nitrogen and oxygen atoms in total. The zero-order chi connectivity index (χ0) is 13.7. The molecule has 1 atom stereocenters. The van der Waals surface area contributed by atoms with E-state index in [2.05, 4.69) is 5.32 Å². The summed E-state index contributed by atoms with van der Waals surface area (Å²) in [4.78, 5) is 2.04. The summed E-state index contributed by atoms with van der Waals surface area (Å²) in [7, 11) is 3.43. The molecule has 106 valence electrons. The fraction of sp³-hybridized carbons (Fsp3) is 0.571. The molecule has 0 radical (unpaired) electrons. The van der Waals surface area contributed by atoms with Gasteiger partial charge in [-0.25, -0.2) is 4.39 Å². The number of rotatable bonds is 5. The van der Waals surface area contributed by atoms with Crippen LogP contribution in [0.25, 0.3) is 0 Å². The molecule has 1 N–H and O–H groups in total. The summed E-state index contributed by atoms with van der Waals surface area (Å²) in [5.74, 6) is -0.0505. The van der Waals surface area contributed by atoms with Crippen LogP contribution < -0.4 is 15.0 Å². The van der Waals surface area contributed by atoms with Crippen LogP contribution in [0.3, 0.4) is 0 Å². The lowest BCUT2D eigenvalue weighted by Crippen LogP contribution is -2.42. The molecule has 1 aliphatic rings. The van der Waals surface area contributed by atoms with Crippen molar-refractivity contribution in [2.45, 2.75) is 12.5 Å². The van der Waals surface area contributed by atoms with E-state index >= 15 is 0 Å². The first-order valence-electron chi connectivity index (χ1n) is 6.56. The van der Waals surface area contributed by atoms with E-state index in [0.717, 1.165) is 38.4 Å². The van der Waals surface area contributed by atoms with Crippen LogP contribution in [0.4, 0.5) is 10.1 Å². The first kappa shape index (κ1) is 14.1. The number of ether oxygens (including phenoxy) is 2. The molecule has 5 heteroatoms. The number of hydrogen-bond acceptors (Lipinski definition) is 4. The zero-order valence-corrected chi connectivity index (χ0v) is 11.5. The molecule has 0 spiro atoms. The SMILES string of the molecule is COc1ccc(N(C)CCC2COCCN2)cc1F. The minimum absolute atomic E-state index is 0.277. The number of halogens is 1.